The lowest BCUT2D eigenvalue weighted by Crippen LogP contribution is -2.29. The van der Waals surface area contributed by atoms with Gasteiger partial charge in [0.25, 0.3) is 0 Å². The van der Waals surface area contributed by atoms with E-state index in [-0.39, 0.29) is 22.7 Å². The van der Waals surface area contributed by atoms with Gasteiger partial charge < -0.3 is 9.64 Å². The molecule has 1 aliphatic rings. The minimum Gasteiger partial charge on any atom is -0.490 e. The Morgan fingerprint density at radius 1 is 1.61 bits per heavy atom. The summed E-state index contributed by atoms with van der Waals surface area (Å²) in [5, 5.41) is 11.1. The Labute approximate surface area is 112 Å². The Morgan fingerprint density at radius 3 is 2.89 bits per heavy atom. The van der Waals surface area contributed by atoms with Crippen molar-refractivity contribution in [3.05, 3.63) is 27.8 Å². The fourth-order valence-electron chi connectivity index (χ4n) is 2.04. The predicted molar refractivity (Wildman–Crippen MR) is 69.5 cm³/mol. The normalized spacial score (nSPS) is 13.3. The van der Waals surface area contributed by atoms with Gasteiger partial charge in [0, 0.05) is 12.6 Å². The van der Waals surface area contributed by atoms with Crippen LogP contribution in [0.1, 0.15) is 5.56 Å². The molecule has 0 bridgehead atoms. The van der Waals surface area contributed by atoms with Crippen LogP contribution in [0, 0.1) is 10.1 Å². The number of rotatable bonds is 3. The van der Waals surface area contributed by atoms with Crippen molar-refractivity contribution in [1.29, 1.82) is 0 Å². The summed E-state index contributed by atoms with van der Waals surface area (Å²) < 4.78 is 5.00. The van der Waals surface area contributed by atoms with E-state index in [0.717, 1.165) is 5.56 Å². The molecule has 0 radical (unpaired) electrons. The molecule has 0 aromatic heterocycles. The molecule has 6 nitrogen and oxygen atoms in total. The third-order valence-corrected chi connectivity index (χ3v) is 3.37. The maximum atomic E-state index is 11.7. The van der Waals surface area contributed by atoms with Crippen LogP contribution in [0.2, 0.25) is 0 Å². The standard InChI is InChI=1S/C11H11BrN2O4/c1-18-10-4-7-2-3-13(11(15)6-12)8(7)5-9(10)14(16)17/h4-5H,2-3,6H2,1H3. The highest BCUT2D eigenvalue weighted by molar-refractivity contribution is 9.09. The first kappa shape index (κ1) is 12.8. The Bertz CT molecular complexity index is 518. The molecular weight excluding hydrogens is 304 g/mol. The topological polar surface area (TPSA) is 72.7 Å². The number of halogens is 1. The molecule has 1 amide bonds. The summed E-state index contributed by atoms with van der Waals surface area (Å²) in [5.41, 5.74) is 1.38. The minimum atomic E-state index is -0.506. The van der Waals surface area contributed by atoms with Crippen LogP contribution in [0.25, 0.3) is 0 Å². The molecule has 1 aliphatic heterocycles. The number of nitro benzene ring substituents is 1. The molecule has 1 aromatic rings. The number of fused-ring (bicyclic) bond motifs is 1. The maximum absolute atomic E-state index is 11.7. The van der Waals surface area contributed by atoms with Gasteiger partial charge in [0.2, 0.25) is 5.91 Å². The molecule has 7 heteroatoms. The molecule has 18 heavy (non-hydrogen) atoms. The van der Waals surface area contributed by atoms with Gasteiger partial charge in [-0.25, -0.2) is 0 Å². The van der Waals surface area contributed by atoms with E-state index in [1.165, 1.54) is 13.2 Å². The molecule has 0 unspecified atom stereocenters. The molecular formula is C11H11BrN2O4. The molecule has 0 saturated heterocycles. The average molecular weight is 315 g/mol. The number of carbonyl (C=O) groups excluding carboxylic acids is 1. The Hall–Kier alpha value is -1.63. The molecule has 0 fully saturated rings. The van der Waals surface area contributed by atoms with Crippen molar-refractivity contribution >= 4 is 33.2 Å². The molecule has 1 aromatic carbocycles. The number of anilines is 1. The number of benzene rings is 1. The number of nitrogens with zero attached hydrogens (tertiary/aromatic N) is 2. The number of hydrogen-bond donors (Lipinski definition) is 0. The molecule has 2 rings (SSSR count). The summed E-state index contributed by atoms with van der Waals surface area (Å²) in [4.78, 5) is 23.7. The quantitative estimate of drug-likeness (QED) is 0.485. The van der Waals surface area contributed by atoms with E-state index >= 15 is 0 Å². The lowest BCUT2D eigenvalue weighted by molar-refractivity contribution is -0.385. The summed E-state index contributed by atoms with van der Waals surface area (Å²) in [5.74, 6) is 0.125. The molecule has 0 aliphatic carbocycles. The molecule has 0 spiro atoms. The number of hydrogen-bond acceptors (Lipinski definition) is 4. The fourth-order valence-corrected chi connectivity index (χ4v) is 2.34. The Morgan fingerprint density at radius 2 is 2.33 bits per heavy atom. The van der Waals surface area contributed by atoms with Gasteiger partial charge in [-0.2, -0.15) is 0 Å². The van der Waals surface area contributed by atoms with Gasteiger partial charge in [0.15, 0.2) is 5.75 Å². The Balaban J connectivity index is 2.50. The number of nitro groups is 1. The van der Waals surface area contributed by atoms with Crippen LogP contribution >= 0.6 is 15.9 Å². The van der Waals surface area contributed by atoms with Gasteiger partial charge in [-0.1, -0.05) is 15.9 Å². The summed E-state index contributed by atoms with van der Waals surface area (Å²) in [7, 11) is 1.39. The van der Waals surface area contributed by atoms with E-state index < -0.39 is 4.92 Å². The number of amides is 1. The monoisotopic (exact) mass is 314 g/mol. The van der Waals surface area contributed by atoms with Crippen LogP contribution in [0.5, 0.6) is 5.75 Å². The SMILES string of the molecule is COc1cc2c(cc1[N+](=O)[O-])N(C(=O)CBr)CC2. The van der Waals surface area contributed by atoms with Crippen LogP contribution in [0.4, 0.5) is 11.4 Å². The number of alkyl halides is 1. The third-order valence-electron chi connectivity index (χ3n) is 2.89. The Kier molecular flexibility index (Phi) is 3.51. The smallest absolute Gasteiger partial charge is 0.313 e. The first-order valence-corrected chi connectivity index (χ1v) is 6.42. The summed E-state index contributed by atoms with van der Waals surface area (Å²) >= 11 is 3.10. The van der Waals surface area contributed by atoms with Gasteiger partial charge in [0.05, 0.1) is 23.1 Å². The highest BCUT2D eigenvalue weighted by Crippen LogP contribution is 2.38. The molecule has 0 atom stereocenters. The third kappa shape index (κ3) is 2.05. The highest BCUT2D eigenvalue weighted by Gasteiger charge is 2.28. The van der Waals surface area contributed by atoms with E-state index in [9.17, 15) is 14.9 Å². The first-order valence-electron chi connectivity index (χ1n) is 5.30. The average Bonchev–Trinajstić information content (AvgIpc) is 2.78. The summed E-state index contributed by atoms with van der Waals surface area (Å²) in [6.45, 7) is 0.546. The second-order valence-electron chi connectivity index (χ2n) is 3.84. The molecule has 1 heterocycles. The van der Waals surface area contributed by atoms with Gasteiger partial charge >= 0.3 is 5.69 Å². The van der Waals surface area contributed by atoms with Crippen LogP contribution < -0.4 is 9.64 Å². The van der Waals surface area contributed by atoms with E-state index in [4.69, 9.17) is 4.74 Å². The lowest BCUT2D eigenvalue weighted by Gasteiger charge is -2.16. The van der Waals surface area contributed by atoms with Crippen LogP contribution in [-0.4, -0.2) is 29.8 Å². The van der Waals surface area contributed by atoms with E-state index in [1.54, 1.807) is 11.0 Å². The minimum absolute atomic E-state index is 0.104. The zero-order valence-electron chi connectivity index (χ0n) is 9.68. The second kappa shape index (κ2) is 4.93. The van der Waals surface area contributed by atoms with Gasteiger partial charge in [0.1, 0.15) is 0 Å². The zero-order chi connectivity index (χ0) is 13.3. The molecule has 96 valence electrons. The number of carbonyl (C=O) groups is 1. The molecule has 0 saturated carbocycles. The first-order chi connectivity index (χ1) is 8.58. The van der Waals surface area contributed by atoms with Crippen molar-refractivity contribution in [1.82, 2.24) is 0 Å². The van der Waals surface area contributed by atoms with Crippen molar-refractivity contribution < 1.29 is 14.5 Å². The van der Waals surface area contributed by atoms with Crippen LogP contribution in [0.15, 0.2) is 12.1 Å². The van der Waals surface area contributed by atoms with Gasteiger partial charge in [-0.3, -0.25) is 14.9 Å². The maximum Gasteiger partial charge on any atom is 0.313 e. The second-order valence-corrected chi connectivity index (χ2v) is 4.40. The van der Waals surface area contributed by atoms with E-state index in [1.807, 2.05) is 0 Å². The van der Waals surface area contributed by atoms with Crippen molar-refractivity contribution in [3.63, 3.8) is 0 Å². The summed E-state index contributed by atoms with van der Waals surface area (Å²) in [6.07, 6.45) is 0.683. The zero-order valence-corrected chi connectivity index (χ0v) is 11.3. The largest absolute Gasteiger partial charge is 0.490 e. The highest BCUT2D eigenvalue weighted by atomic mass is 79.9. The van der Waals surface area contributed by atoms with Crippen molar-refractivity contribution in [2.24, 2.45) is 0 Å². The lowest BCUT2D eigenvalue weighted by atomic mass is 10.1. The van der Waals surface area contributed by atoms with Gasteiger partial charge in [-0.05, 0) is 18.1 Å². The van der Waals surface area contributed by atoms with E-state index in [0.29, 0.717) is 18.7 Å². The van der Waals surface area contributed by atoms with Crippen LogP contribution in [0.3, 0.4) is 0 Å². The van der Waals surface area contributed by atoms with Crippen molar-refractivity contribution in [2.75, 3.05) is 23.9 Å². The molecule has 0 N–H and O–H groups in total. The number of methoxy groups -OCH3 is 1. The van der Waals surface area contributed by atoms with Crippen LogP contribution in [-0.2, 0) is 11.2 Å². The van der Waals surface area contributed by atoms with Gasteiger partial charge in [-0.15, -0.1) is 0 Å². The van der Waals surface area contributed by atoms with E-state index in [2.05, 4.69) is 15.9 Å². The number of ether oxygens (including phenoxy) is 1. The fraction of sp³-hybridized carbons (Fsp3) is 0.364. The van der Waals surface area contributed by atoms with Crippen molar-refractivity contribution in [3.8, 4) is 5.75 Å². The van der Waals surface area contributed by atoms with Crippen molar-refractivity contribution in [2.45, 2.75) is 6.42 Å². The summed E-state index contributed by atoms with van der Waals surface area (Å²) in [6, 6.07) is 3.04. The predicted octanol–water partition coefficient (Wildman–Crippen LogP) is 1.89.